The standard InChI is InChI=1S/C17H25F2N/c1-4-20-16(12-9-13(18)11-14(19)10-12)15-7-5-6-8-17(15,2)3/h9-11,15-16,20H,4-8H2,1-3H3. The highest BCUT2D eigenvalue weighted by molar-refractivity contribution is 5.23. The molecule has 2 rings (SSSR count). The monoisotopic (exact) mass is 281 g/mol. The third kappa shape index (κ3) is 3.38. The minimum Gasteiger partial charge on any atom is -0.310 e. The van der Waals surface area contributed by atoms with E-state index in [1.165, 1.54) is 31.4 Å². The van der Waals surface area contributed by atoms with Crippen LogP contribution < -0.4 is 5.32 Å². The summed E-state index contributed by atoms with van der Waals surface area (Å²) in [5, 5.41) is 3.45. The van der Waals surface area contributed by atoms with Gasteiger partial charge in [-0.25, -0.2) is 8.78 Å². The lowest BCUT2D eigenvalue weighted by Gasteiger charge is -2.43. The molecular formula is C17H25F2N. The van der Waals surface area contributed by atoms with E-state index in [0.717, 1.165) is 24.6 Å². The van der Waals surface area contributed by atoms with Crippen molar-refractivity contribution < 1.29 is 8.78 Å². The average Bonchev–Trinajstić information content (AvgIpc) is 2.35. The van der Waals surface area contributed by atoms with Gasteiger partial charge in [-0.1, -0.05) is 33.6 Å². The first-order valence-corrected chi connectivity index (χ1v) is 7.63. The summed E-state index contributed by atoms with van der Waals surface area (Å²) in [5.41, 5.74) is 0.942. The molecule has 1 aliphatic rings. The Labute approximate surface area is 120 Å². The Kier molecular flexibility index (Phi) is 4.79. The van der Waals surface area contributed by atoms with Crippen molar-refractivity contribution in [2.45, 2.75) is 52.5 Å². The molecule has 0 amide bonds. The first-order valence-electron chi connectivity index (χ1n) is 7.63. The van der Waals surface area contributed by atoms with Gasteiger partial charge in [-0.3, -0.25) is 0 Å². The molecule has 1 N–H and O–H groups in total. The predicted molar refractivity (Wildman–Crippen MR) is 78.5 cm³/mol. The molecule has 2 unspecified atom stereocenters. The van der Waals surface area contributed by atoms with Crippen LogP contribution in [-0.2, 0) is 0 Å². The first kappa shape index (κ1) is 15.4. The van der Waals surface area contributed by atoms with Gasteiger partial charge in [0, 0.05) is 12.1 Å². The van der Waals surface area contributed by atoms with E-state index < -0.39 is 11.6 Å². The SMILES string of the molecule is CCNC(c1cc(F)cc(F)c1)C1CCCCC1(C)C. The lowest BCUT2D eigenvalue weighted by Crippen LogP contribution is -2.39. The van der Waals surface area contributed by atoms with Crippen molar-refractivity contribution in [3.63, 3.8) is 0 Å². The Bertz CT molecular complexity index is 436. The van der Waals surface area contributed by atoms with Crippen LogP contribution in [0.4, 0.5) is 8.78 Å². The molecule has 0 spiro atoms. The highest BCUT2D eigenvalue weighted by Crippen LogP contribution is 2.46. The largest absolute Gasteiger partial charge is 0.310 e. The van der Waals surface area contributed by atoms with Crippen LogP contribution in [0, 0.1) is 23.0 Å². The summed E-state index contributed by atoms with van der Waals surface area (Å²) < 4.78 is 27.0. The second kappa shape index (κ2) is 6.21. The molecule has 0 saturated heterocycles. The van der Waals surface area contributed by atoms with E-state index in [1.54, 1.807) is 0 Å². The number of halogens is 2. The van der Waals surface area contributed by atoms with Crippen molar-refractivity contribution in [1.29, 1.82) is 0 Å². The fourth-order valence-corrected chi connectivity index (χ4v) is 3.61. The summed E-state index contributed by atoms with van der Waals surface area (Å²) in [6.07, 6.45) is 4.74. The molecule has 0 aromatic heterocycles. The third-order valence-corrected chi connectivity index (χ3v) is 4.66. The van der Waals surface area contributed by atoms with Gasteiger partial charge in [0.2, 0.25) is 0 Å². The Morgan fingerprint density at radius 3 is 2.40 bits per heavy atom. The van der Waals surface area contributed by atoms with E-state index in [2.05, 4.69) is 19.2 Å². The molecule has 1 nitrogen and oxygen atoms in total. The highest BCUT2D eigenvalue weighted by Gasteiger charge is 2.38. The van der Waals surface area contributed by atoms with Gasteiger partial charge in [0.1, 0.15) is 11.6 Å². The predicted octanol–water partition coefficient (Wildman–Crippen LogP) is 4.83. The van der Waals surface area contributed by atoms with E-state index in [-0.39, 0.29) is 11.5 Å². The summed E-state index contributed by atoms with van der Waals surface area (Å²) in [5.74, 6) is -0.564. The second-order valence-corrected chi connectivity index (χ2v) is 6.58. The van der Waals surface area contributed by atoms with Crippen molar-refractivity contribution in [2.24, 2.45) is 11.3 Å². The first-order chi connectivity index (χ1) is 9.44. The molecule has 0 aliphatic heterocycles. The smallest absolute Gasteiger partial charge is 0.126 e. The third-order valence-electron chi connectivity index (χ3n) is 4.66. The van der Waals surface area contributed by atoms with Gasteiger partial charge in [-0.15, -0.1) is 0 Å². The van der Waals surface area contributed by atoms with E-state index in [1.807, 2.05) is 6.92 Å². The fourth-order valence-electron chi connectivity index (χ4n) is 3.61. The molecule has 1 saturated carbocycles. The van der Waals surface area contributed by atoms with Crippen molar-refractivity contribution in [3.05, 3.63) is 35.4 Å². The van der Waals surface area contributed by atoms with Crippen LogP contribution in [0.15, 0.2) is 18.2 Å². The van der Waals surface area contributed by atoms with Crippen molar-refractivity contribution in [3.8, 4) is 0 Å². The molecule has 112 valence electrons. The summed E-state index contributed by atoms with van der Waals surface area (Å²) in [7, 11) is 0. The van der Waals surface area contributed by atoms with Gasteiger partial charge in [0.05, 0.1) is 0 Å². The van der Waals surface area contributed by atoms with E-state index in [0.29, 0.717) is 5.92 Å². The van der Waals surface area contributed by atoms with Crippen LogP contribution in [0.5, 0.6) is 0 Å². The summed E-state index contributed by atoms with van der Waals surface area (Å²) >= 11 is 0. The zero-order valence-corrected chi connectivity index (χ0v) is 12.7. The number of nitrogens with one attached hydrogen (secondary N) is 1. The minimum atomic E-state index is -0.489. The summed E-state index contributed by atoms with van der Waals surface area (Å²) in [6.45, 7) is 7.39. The molecule has 1 aliphatic carbocycles. The van der Waals surface area contributed by atoms with E-state index in [9.17, 15) is 8.78 Å². The van der Waals surface area contributed by atoms with Gasteiger partial charge in [-0.05, 0) is 48.4 Å². The van der Waals surface area contributed by atoms with E-state index in [4.69, 9.17) is 0 Å². The van der Waals surface area contributed by atoms with Crippen LogP contribution in [0.1, 0.15) is 58.1 Å². The van der Waals surface area contributed by atoms with Crippen molar-refractivity contribution in [2.75, 3.05) is 6.54 Å². The number of benzene rings is 1. The van der Waals surface area contributed by atoms with Gasteiger partial charge >= 0.3 is 0 Å². The van der Waals surface area contributed by atoms with Crippen LogP contribution in [0.2, 0.25) is 0 Å². The number of rotatable bonds is 4. The average molecular weight is 281 g/mol. The molecule has 1 fully saturated rings. The van der Waals surface area contributed by atoms with Crippen molar-refractivity contribution in [1.82, 2.24) is 5.32 Å². The van der Waals surface area contributed by atoms with Gasteiger partial charge in [0.25, 0.3) is 0 Å². The topological polar surface area (TPSA) is 12.0 Å². The summed E-state index contributed by atoms with van der Waals surface area (Å²) in [6, 6.07) is 3.92. The highest BCUT2D eigenvalue weighted by atomic mass is 19.1. The molecule has 0 radical (unpaired) electrons. The Balaban J connectivity index is 2.34. The zero-order chi connectivity index (χ0) is 14.8. The Morgan fingerprint density at radius 1 is 1.20 bits per heavy atom. The van der Waals surface area contributed by atoms with Crippen LogP contribution in [-0.4, -0.2) is 6.54 Å². The quantitative estimate of drug-likeness (QED) is 0.833. The molecule has 20 heavy (non-hydrogen) atoms. The van der Waals surface area contributed by atoms with Crippen LogP contribution in [0.25, 0.3) is 0 Å². The maximum atomic E-state index is 13.5. The lowest BCUT2D eigenvalue weighted by molar-refractivity contribution is 0.0986. The molecule has 3 heteroatoms. The molecule has 1 aromatic rings. The zero-order valence-electron chi connectivity index (χ0n) is 12.7. The molecule has 0 bridgehead atoms. The Hall–Kier alpha value is -0.960. The lowest BCUT2D eigenvalue weighted by atomic mass is 9.65. The maximum absolute atomic E-state index is 13.5. The van der Waals surface area contributed by atoms with Gasteiger partial charge < -0.3 is 5.32 Å². The molecule has 2 atom stereocenters. The number of hydrogen-bond donors (Lipinski definition) is 1. The number of hydrogen-bond acceptors (Lipinski definition) is 1. The van der Waals surface area contributed by atoms with Crippen molar-refractivity contribution >= 4 is 0 Å². The van der Waals surface area contributed by atoms with Gasteiger partial charge in [0.15, 0.2) is 0 Å². The summed E-state index contributed by atoms with van der Waals surface area (Å²) in [4.78, 5) is 0. The van der Waals surface area contributed by atoms with Crippen LogP contribution >= 0.6 is 0 Å². The fraction of sp³-hybridized carbons (Fsp3) is 0.647. The minimum absolute atomic E-state index is 0.0282. The molecule has 0 heterocycles. The van der Waals surface area contributed by atoms with Gasteiger partial charge in [-0.2, -0.15) is 0 Å². The van der Waals surface area contributed by atoms with Crippen LogP contribution in [0.3, 0.4) is 0 Å². The second-order valence-electron chi connectivity index (χ2n) is 6.58. The normalized spacial score (nSPS) is 23.6. The maximum Gasteiger partial charge on any atom is 0.126 e. The molecular weight excluding hydrogens is 256 g/mol. The Morgan fingerprint density at radius 2 is 1.85 bits per heavy atom. The van der Waals surface area contributed by atoms with E-state index >= 15 is 0 Å². The molecule has 1 aromatic carbocycles.